The van der Waals surface area contributed by atoms with Crippen LogP contribution in [0.5, 0.6) is 5.75 Å². The Morgan fingerprint density at radius 1 is 1.19 bits per heavy atom. The molecule has 3 rings (SSSR count). The highest BCUT2D eigenvalue weighted by Gasteiger charge is 2.54. The van der Waals surface area contributed by atoms with Crippen LogP contribution >= 0.6 is 0 Å². The second kappa shape index (κ2) is 9.69. The third-order valence-corrected chi connectivity index (χ3v) is 5.91. The minimum Gasteiger partial charge on any atom is -0.491 e. The highest BCUT2D eigenvalue weighted by molar-refractivity contribution is 5.21. The Kier molecular flexibility index (Phi) is 7.30. The first kappa shape index (κ1) is 20.3. The van der Waals surface area contributed by atoms with E-state index in [1.165, 1.54) is 0 Å². The van der Waals surface area contributed by atoms with E-state index >= 15 is 0 Å². The summed E-state index contributed by atoms with van der Waals surface area (Å²) in [5.74, 6) is 1.06. The highest BCUT2D eigenvalue weighted by Crippen LogP contribution is 2.52. The Morgan fingerprint density at radius 2 is 2.00 bits per heavy atom. The molecule has 5 heteroatoms. The summed E-state index contributed by atoms with van der Waals surface area (Å²) >= 11 is 0. The zero-order chi connectivity index (χ0) is 19.1. The van der Waals surface area contributed by atoms with E-state index in [0.29, 0.717) is 13.0 Å². The molecule has 2 saturated carbocycles. The van der Waals surface area contributed by atoms with Crippen molar-refractivity contribution in [2.75, 3.05) is 19.8 Å². The Bertz CT molecular complexity index is 590. The van der Waals surface area contributed by atoms with Crippen molar-refractivity contribution in [3.8, 4) is 5.75 Å². The van der Waals surface area contributed by atoms with Gasteiger partial charge < -0.3 is 24.8 Å². The predicted molar refractivity (Wildman–Crippen MR) is 104 cm³/mol. The molecule has 0 spiro atoms. The topological polar surface area (TPSA) is 79.2 Å². The number of hydrogen-bond donors (Lipinski definition) is 3. The zero-order valence-corrected chi connectivity index (χ0v) is 15.9. The Morgan fingerprint density at radius 3 is 2.78 bits per heavy atom. The molecule has 5 atom stereocenters. The van der Waals surface area contributed by atoms with E-state index in [9.17, 15) is 10.2 Å². The van der Waals surface area contributed by atoms with Crippen molar-refractivity contribution >= 4 is 0 Å². The maximum Gasteiger partial charge on any atom is 0.119 e. The number of rotatable bonds is 10. The van der Waals surface area contributed by atoms with Crippen LogP contribution in [0.25, 0.3) is 0 Å². The summed E-state index contributed by atoms with van der Waals surface area (Å²) in [5, 5.41) is 30.2. The van der Waals surface area contributed by atoms with E-state index in [4.69, 9.17) is 14.6 Å². The van der Waals surface area contributed by atoms with E-state index in [0.717, 1.165) is 37.9 Å². The third-order valence-electron chi connectivity index (χ3n) is 5.91. The Labute approximate surface area is 161 Å². The molecule has 1 aromatic rings. The zero-order valence-electron chi connectivity index (χ0n) is 15.9. The minimum atomic E-state index is -0.724. The number of unbranched alkanes of at least 4 members (excludes halogenated alkanes) is 1. The molecule has 0 aliphatic heterocycles. The molecule has 0 saturated heterocycles. The second-order valence-corrected chi connectivity index (χ2v) is 7.81. The van der Waals surface area contributed by atoms with Gasteiger partial charge in [0.2, 0.25) is 0 Å². The van der Waals surface area contributed by atoms with Crippen LogP contribution in [-0.4, -0.2) is 52.9 Å². The molecule has 2 aliphatic rings. The van der Waals surface area contributed by atoms with Gasteiger partial charge in [0.15, 0.2) is 0 Å². The number of para-hydroxylation sites is 1. The largest absolute Gasteiger partial charge is 0.491 e. The summed E-state index contributed by atoms with van der Waals surface area (Å²) in [6.07, 6.45) is 8.24. The lowest BCUT2D eigenvalue weighted by Crippen LogP contribution is -2.35. The summed E-state index contributed by atoms with van der Waals surface area (Å²) in [7, 11) is 0. The van der Waals surface area contributed by atoms with Crippen molar-refractivity contribution in [1.82, 2.24) is 0 Å². The van der Waals surface area contributed by atoms with Crippen molar-refractivity contribution in [2.45, 2.75) is 56.3 Å². The molecule has 1 aromatic carbocycles. The first-order chi connectivity index (χ1) is 13.1. The fourth-order valence-electron chi connectivity index (χ4n) is 4.46. The first-order valence-electron chi connectivity index (χ1n) is 10.1. The minimum absolute atomic E-state index is 0.0555. The van der Waals surface area contributed by atoms with Gasteiger partial charge in [0.1, 0.15) is 18.5 Å². The van der Waals surface area contributed by atoms with Gasteiger partial charge in [-0.1, -0.05) is 30.4 Å². The van der Waals surface area contributed by atoms with Crippen LogP contribution in [0.2, 0.25) is 0 Å². The molecule has 2 fully saturated rings. The lowest BCUT2D eigenvalue weighted by Gasteiger charge is -2.28. The fraction of sp³-hybridized carbons (Fsp3) is 0.636. The quantitative estimate of drug-likeness (QED) is 0.432. The average Bonchev–Trinajstić information content (AvgIpc) is 3.15. The summed E-state index contributed by atoms with van der Waals surface area (Å²) in [6, 6.07) is 9.44. The molecule has 0 bridgehead atoms. The van der Waals surface area contributed by atoms with E-state index in [2.05, 4.69) is 0 Å². The molecule has 150 valence electrons. The van der Waals surface area contributed by atoms with E-state index < -0.39 is 11.7 Å². The van der Waals surface area contributed by atoms with Crippen LogP contribution in [0.3, 0.4) is 0 Å². The fourth-order valence-corrected chi connectivity index (χ4v) is 4.46. The number of fused-ring (bicyclic) bond motifs is 1. The maximum atomic E-state index is 11.2. The standard InChI is InChI=1S/C22H32O5/c23-12-4-5-13-26-21-14-18-9-8-17(22(18,25)15-21)10-11-19(24)16-27-20-6-2-1-3-7-20/h1-3,6-7,10-11,17-19,21,23-25H,4-5,8-9,12-16H2/t17-,18+,19?,21?,22+/m0/s1. The van der Waals surface area contributed by atoms with Gasteiger partial charge in [0.05, 0.1) is 11.7 Å². The van der Waals surface area contributed by atoms with Crippen LogP contribution in [-0.2, 0) is 4.74 Å². The molecular formula is C22H32O5. The van der Waals surface area contributed by atoms with Gasteiger partial charge in [0, 0.05) is 25.6 Å². The van der Waals surface area contributed by atoms with Crippen LogP contribution in [0.1, 0.15) is 38.5 Å². The van der Waals surface area contributed by atoms with Crippen molar-refractivity contribution < 1.29 is 24.8 Å². The normalized spacial score (nSPS) is 31.3. The molecule has 3 N–H and O–H groups in total. The van der Waals surface area contributed by atoms with Crippen LogP contribution in [0.4, 0.5) is 0 Å². The Hall–Kier alpha value is -1.40. The van der Waals surface area contributed by atoms with Gasteiger partial charge in [-0.3, -0.25) is 0 Å². The van der Waals surface area contributed by atoms with Gasteiger partial charge in [-0.2, -0.15) is 0 Å². The summed E-state index contributed by atoms with van der Waals surface area (Å²) in [5.41, 5.74) is -0.724. The lowest BCUT2D eigenvalue weighted by molar-refractivity contribution is -0.0217. The number of ether oxygens (including phenoxy) is 2. The molecule has 5 nitrogen and oxygen atoms in total. The molecule has 0 amide bonds. The highest BCUT2D eigenvalue weighted by atomic mass is 16.5. The van der Waals surface area contributed by atoms with Crippen molar-refractivity contribution in [3.63, 3.8) is 0 Å². The molecule has 0 radical (unpaired) electrons. The Balaban J connectivity index is 1.46. The summed E-state index contributed by atoms with van der Waals surface area (Å²) < 4.78 is 11.5. The number of benzene rings is 1. The molecule has 0 aromatic heterocycles. The monoisotopic (exact) mass is 376 g/mol. The van der Waals surface area contributed by atoms with Gasteiger partial charge in [0.25, 0.3) is 0 Å². The van der Waals surface area contributed by atoms with Gasteiger partial charge in [-0.05, 0) is 50.2 Å². The number of aliphatic hydroxyl groups is 3. The second-order valence-electron chi connectivity index (χ2n) is 7.81. The van der Waals surface area contributed by atoms with Crippen molar-refractivity contribution in [3.05, 3.63) is 42.5 Å². The number of hydrogen-bond acceptors (Lipinski definition) is 5. The summed E-state index contributed by atoms with van der Waals surface area (Å²) in [4.78, 5) is 0. The molecular weight excluding hydrogens is 344 g/mol. The smallest absolute Gasteiger partial charge is 0.119 e. The van der Waals surface area contributed by atoms with Gasteiger partial charge in [-0.15, -0.1) is 0 Å². The van der Waals surface area contributed by atoms with Gasteiger partial charge in [-0.25, -0.2) is 0 Å². The third kappa shape index (κ3) is 5.32. The number of aliphatic hydroxyl groups excluding tert-OH is 2. The van der Waals surface area contributed by atoms with Crippen LogP contribution in [0, 0.1) is 11.8 Å². The van der Waals surface area contributed by atoms with E-state index in [-0.39, 0.29) is 31.2 Å². The van der Waals surface area contributed by atoms with Gasteiger partial charge >= 0.3 is 0 Å². The average molecular weight is 376 g/mol. The SMILES string of the molecule is OCCCCOC1C[C@H]2CC[C@@H](C=CC(O)COc3ccccc3)[C@]2(O)C1. The maximum absolute atomic E-state index is 11.2. The van der Waals surface area contributed by atoms with Crippen LogP contribution in [0.15, 0.2) is 42.5 Å². The van der Waals surface area contributed by atoms with Crippen LogP contribution < -0.4 is 4.74 Å². The first-order valence-corrected chi connectivity index (χ1v) is 10.1. The van der Waals surface area contributed by atoms with E-state index in [1.54, 1.807) is 6.08 Å². The predicted octanol–water partition coefficient (Wildman–Crippen LogP) is 2.69. The molecule has 2 aliphatic carbocycles. The molecule has 27 heavy (non-hydrogen) atoms. The molecule has 0 heterocycles. The molecule has 2 unspecified atom stereocenters. The lowest BCUT2D eigenvalue weighted by atomic mass is 9.86. The summed E-state index contributed by atoms with van der Waals surface area (Å²) in [6.45, 7) is 1.04. The van der Waals surface area contributed by atoms with Crippen molar-refractivity contribution in [2.24, 2.45) is 11.8 Å². The van der Waals surface area contributed by atoms with Crippen molar-refractivity contribution in [1.29, 1.82) is 0 Å². The van der Waals surface area contributed by atoms with E-state index in [1.807, 2.05) is 36.4 Å².